The summed E-state index contributed by atoms with van der Waals surface area (Å²) >= 11 is 0. The second-order valence-electron chi connectivity index (χ2n) is 6.27. The topological polar surface area (TPSA) is 75.7 Å². The zero-order chi connectivity index (χ0) is 16.2. The highest BCUT2D eigenvalue weighted by atomic mass is 16.6. The molecule has 0 radical (unpaired) electrons. The first-order valence-corrected chi connectivity index (χ1v) is 8.23. The summed E-state index contributed by atoms with van der Waals surface area (Å²) in [6, 6.07) is 5.36. The molecule has 0 aromatic carbocycles. The van der Waals surface area contributed by atoms with Crippen molar-refractivity contribution in [3.8, 4) is 0 Å². The third kappa shape index (κ3) is 3.61. The molecule has 0 atom stereocenters. The van der Waals surface area contributed by atoms with Gasteiger partial charge < -0.3 is 20.3 Å². The van der Waals surface area contributed by atoms with Gasteiger partial charge in [-0.05, 0) is 55.8 Å². The Kier molecular flexibility index (Phi) is 4.76. The van der Waals surface area contributed by atoms with Gasteiger partial charge in [-0.15, -0.1) is 0 Å². The minimum absolute atomic E-state index is 0.00685. The molecule has 0 bridgehead atoms. The van der Waals surface area contributed by atoms with Crippen LogP contribution >= 0.6 is 0 Å². The number of piperidine rings is 1. The third-order valence-electron chi connectivity index (χ3n) is 4.50. The van der Waals surface area contributed by atoms with E-state index in [9.17, 15) is 10.1 Å². The number of pyridine rings is 1. The Balaban J connectivity index is 1.57. The fourth-order valence-electron chi connectivity index (χ4n) is 3.07. The van der Waals surface area contributed by atoms with Gasteiger partial charge in [-0.25, -0.2) is 0 Å². The predicted molar refractivity (Wildman–Crippen MR) is 89.8 cm³/mol. The van der Waals surface area contributed by atoms with Gasteiger partial charge in [0.15, 0.2) is 0 Å². The first-order chi connectivity index (χ1) is 11.1. The molecule has 1 fully saturated rings. The van der Waals surface area contributed by atoms with Crippen LogP contribution in [0.5, 0.6) is 0 Å². The van der Waals surface area contributed by atoms with Crippen LogP contribution in [-0.4, -0.2) is 45.4 Å². The van der Waals surface area contributed by atoms with Crippen LogP contribution in [0.4, 0.5) is 11.6 Å². The monoisotopic (exact) mass is 317 g/mol. The van der Waals surface area contributed by atoms with Gasteiger partial charge in [0.25, 0.3) is 0 Å². The highest BCUT2D eigenvalue weighted by Gasteiger charge is 2.22. The van der Waals surface area contributed by atoms with Crippen molar-refractivity contribution in [2.75, 3.05) is 31.5 Å². The highest BCUT2D eigenvalue weighted by Crippen LogP contribution is 2.25. The van der Waals surface area contributed by atoms with E-state index >= 15 is 0 Å². The van der Waals surface area contributed by atoms with Gasteiger partial charge >= 0.3 is 5.82 Å². The second-order valence-corrected chi connectivity index (χ2v) is 6.27. The molecule has 1 aliphatic heterocycles. The molecule has 1 aliphatic rings. The number of hydrogen-bond acceptors (Lipinski definition) is 5. The molecular formula is C16H23N5O2. The summed E-state index contributed by atoms with van der Waals surface area (Å²) in [4.78, 5) is 17.7. The van der Waals surface area contributed by atoms with Crippen molar-refractivity contribution in [2.45, 2.75) is 26.2 Å². The maximum absolute atomic E-state index is 11.3. The van der Waals surface area contributed by atoms with Crippen LogP contribution in [0.15, 0.2) is 24.4 Å². The van der Waals surface area contributed by atoms with Gasteiger partial charge in [0.2, 0.25) is 11.5 Å². The number of nitrogens with zero attached hydrogens (tertiary/aromatic N) is 4. The van der Waals surface area contributed by atoms with Crippen LogP contribution in [0.25, 0.3) is 5.65 Å². The van der Waals surface area contributed by atoms with Crippen LogP contribution in [0.2, 0.25) is 0 Å². The van der Waals surface area contributed by atoms with Crippen LogP contribution in [0, 0.1) is 16.0 Å². The van der Waals surface area contributed by atoms with E-state index in [-0.39, 0.29) is 10.7 Å². The van der Waals surface area contributed by atoms with Crippen molar-refractivity contribution in [1.29, 1.82) is 0 Å². The Labute approximate surface area is 135 Å². The second kappa shape index (κ2) is 6.95. The van der Waals surface area contributed by atoms with E-state index in [1.807, 2.05) is 6.07 Å². The molecule has 1 saturated heterocycles. The summed E-state index contributed by atoms with van der Waals surface area (Å²) in [5, 5.41) is 14.4. The Morgan fingerprint density at radius 3 is 2.91 bits per heavy atom. The van der Waals surface area contributed by atoms with E-state index in [1.54, 1.807) is 18.3 Å². The maximum Gasteiger partial charge on any atom is 0.372 e. The smallest absolute Gasteiger partial charge is 0.363 e. The normalized spacial score (nSPS) is 16.7. The van der Waals surface area contributed by atoms with E-state index in [0.29, 0.717) is 18.0 Å². The summed E-state index contributed by atoms with van der Waals surface area (Å²) < 4.78 is 1.51. The number of nitro groups is 1. The summed E-state index contributed by atoms with van der Waals surface area (Å²) in [7, 11) is 0. The molecule has 0 unspecified atom stereocenters. The number of likely N-dealkylation sites (tertiary alicyclic amines) is 1. The fourth-order valence-corrected chi connectivity index (χ4v) is 3.07. The van der Waals surface area contributed by atoms with Crippen molar-refractivity contribution < 1.29 is 4.92 Å². The molecule has 0 saturated carbocycles. The number of imidazole rings is 1. The van der Waals surface area contributed by atoms with Crippen molar-refractivity contribution in [1.82, 2.24) is 14.3 Å². The van der Waals surface area contributed by atoms with Crippen molar-refractivity contribution in [2.24, 2.45) is 5.92 Å². The number of nitrogens with one attached hydrogen (secondary N) is 1. The van der Waals surface area contributed by atoms with Crippen LogP contribution in [-0.2, 0) is 0 Å². The van der Waals surface area contributed by atoms with Gasteiger partial charge in [-0.2, -0.15) is 9.38 Å². The highest BCUT2D eigenvalue weighted by molar-refractivity contribution is 5.62. The number of fused-ring (bicyclic) bond motifs is 1. The van der Waals surface area contributed by atoms with E-state index in [0.717, 1.165) is 32.0 Å². The molecule has 23 heavy (non-hydrogen) atoms. The van der Waals surface area contributed by atoms with E-state index in [4.69, 9.17) is 0 Å². The minimum atomic E-state index is -0.381. The first-order valence-electron chi connectivity index (χ1n) is 8.23. The lowest BCUT2D eigenvalue weighted by Gasteiger charge is -2.30. The molecule has 2 aromatic heterocycles. The van der Waals surface area contributed by atoms with Gasteiger partial charge in [0.05, 0.1) is 6.20 Å². The molecule has 3 heterocycles. The zero-order valence-electron chi connectivity index (χ0n) is 13.4. The van der Waals surface area contributed by atoms with Gasteiger partial charge in [-0.3, -0.25) is 0 Å². The van der Waals surface area contributed by atoms with Crippen LogP contribution in [0.3, 0.4) is 0 Å². The summed E-state index contributed by atoms with van der Waals surface area (Å²) in [5.41, 5.74) is 0.590. The van der Waals surface area contributed by atoms with Crippen LogP contribution in [0.1, 0.15) is 26.2 Å². The molecule has 0 amide bonds. The number of hydrogen-bond donors (Lipinski definition) is 1. The Morgan fingerprint density at radius 2 is 2.17 bits per heavy atom. The molecule has 0 aliphatic carbocycles. The van der Waals surface area contributed by atoms with Crippen LogP contribution < -0.4 is 5.32 Å². The van der Waals surface area contributed by atoms with E-state index < -0.39 is 0 Å². The molecule has 124 valence electrons. The molecule has 7 nitrogen and oxygen atoms in total. The average molecular weight is 317 g/mol. The average Bonchev–Trinajstić information content (AvgIpc) is 2.91. The van der Waals surface area contributed by atoms with Gasteiger partial charge in [0, 0.05) is 12.6 Å². The molecule has 0 spiro atoms. The number of aromatic nitrogens is 2. The lowest BCUT2D eigenvalue weighted by Crippen LogP contribution is -2.34. The molecular weight excluding hydrogens is 294 g/mol. The standard InChI is InChI=1S/C16H23N5O2/c1-13-6-11-19(12-7-13)9-4-8-17-15-16(21(22)23)20-10-3-2-5-14(20)18-15/h2-3,5,10,13,17H,4,6-9,11-12H2,1H3. The SMILES string of the molecule is CC1CCN(CCCNc2nc3ccccn3c2[N+](=O)[O-])CC1. The summed E-state index contributed by atoms with van der Waals surface area (Å²) in [6.45, 7) is 6.35. The maximum atomic E-state index is 11.3. The van der Waals surface area contributed by atoms with E-state index in [1.165, 1.54) is 17.2 Å². The Morgan fingerprint density at radius 1 is 1.39 bits per heavy atom. The van der Waals surface area contributed by atoms with Crippen molar-refractivity contribution in [3.05, 3.63) is 34.5 Å². The lowest BCUT2D eigenvalue weighted by molar-refractivity contribution is -0.389. The fraction of sp³-hybridized carbons (Fsp3) is 0.562. The summed E-state index contributed by atoms with van der Waals surface area (Å²) in [6.07, 6.45) is 5.16. The van der Waals surface area contributed by atoms with Gasteiger partial charge in [0.1, 0.15) is 0 Å². The lowest BCUT2D eigenvalue weighted by atomic mass is 9.99. The molecule has 3 rings (SSSR count). The molecule has 1 N–H and O–H groups in total. The quantitative estimate of drug-likeness (QED) is 0.504. The third-order valence-corrected chi connectivity index (χ3v) is 4.50. The van der Waals surface area contributed by atoms with Crippen molar-refractivity contribution in [3.63, 3.8) is 0 Å². The summed E-state index contributed by atoms with van der Waals surface area (Å²) in [5.74, 6) is 1.20. The first kappa shape index (κ1) is 15.7. The van der Waals surface area contributed by atoms with Crippen molar-refractivity contribution >= 4 is 17.3 Å². The molecule has 2 aromatic rings. The Hall–Kier alpha value is -2.15. The number of anilines is 1. The molecule has 7 heteroatoms. The van der Waals surface area contributed by atoms with Gasteiger partial charge in [-0.1, -0.05) is 13.0 Å². The van der Waals surface area contributed by atoms with E-state index in [2.05, 4.69) is 22.1 Å². The largest absolute Gasteiger partial charge is 0.372 e. The Bertz CT molecular complexity index is 676. The number of rotatable bonds is 6. The minimum Gasteiger partial charge on any atom is -0.363 e. The zero-order valence-corrected chi connectivity index (χ0v) is 13.4. The predicted octanol–water partition coefficient (Wildman–Crippen LogP) is 2.78.